The van der Waals surface area contributed by atoms with Crippen molar-refractivity contribution in [1.82, 2.24) is 9.38 Å². The molecule has 0 spiro atoms. The topological polar surface area (TPSA) is 46.6 Å². The number of nitrogens with zero attached hydrogens (tertiary/aromatic N) is 3. The third-order valence-electron chi connectivity index (χ3n) is 3.19. The second-order valence-electron chi connectivity index (χ2n) is 6.17. The third-order valence-corrected chi connectivity index (χ3v) is 3.95. The summed E-state index contributed by atoms with van der Waals surface area (Å²) in [6.07, 6.45) is 2.98. The summed E-state index contributed by atoms with van der Waals surface area (Å²) >= 11 is 1.69. The smallest absolute Gasteiger partial charge is 0.195 e. The highest BCUT2D eigenvalue weighted by Crippen LogP contribution is 2.26. The maximum atomic E-state index is 5.79. The van der Waals surface area contributed by atoms with E-state index >= 15 is 0 Å². The number of aromatic nitrogens is 2. The first-order valence-electron chi connectivity index (χ1n) is 7.42. The van der Waals surface area contributed by atoms with E-state index < -0.39 is 0 Å². The molecule has 0 bridgehead atoms. The molecule has 0 aliphatic carbocycles. The summed E-state index contributed by atoms with van der Waals surface area (Å²) in [5.41, 5.74) is 7.05. The van der Waals surface area contributed by atoms with E-state index in [1.807, 2.05) is 0 Å². The van der Waals surface area contributed by atoms with Crippen LogP contribution in [0.4, 0.5) is 5.82 Å². The van der Waals surface area contributed by atoms with Gasteiger partial charge in [0, 0.05) is 31.1 Å². The highest BCUT2D eigenvalue weighted by molar-refractivity contribution is 7.15. The molecule has 2 rings (SSSR count). The molecule has 2 aromatic rings. The lowest BCUT2D eigenvalue weighted by Gasteiger charge is -2.27. The van der Waals surface area contributed by atoms with Crippen molar-refractivity contribution in [1.29, 1.82) is 0 Å². The van der Waals surface area contributed by atoms with E-state index in [-0.39, 0.29) is 0 Å². The number of imidazole rings is 1. The van der Waals surface area contributed by atoms with Crippen LogP contribution in [0.5, 0.6) is 0 Å². The van der Waals surface area contributed by atoms with E-state index in [0.29, 0.717) is 18.4 Å². The van der Waals surface area contributed by atoms with Crippen molar-refractivity contribution in [2.45, 2.75) is 34.1 Å². The second-order valence-corrected chi connectivity index (χ2v) is 7.04. The van der Waals surface area contributed by atoms with Gasteiger partial charge in [0.15, 0.2) is 10.8 Å². The van der Waals surface area contributed by atoms with Crippen LogP contribution in [-0.2, 0) is 6.42 Å². The van der Waals surface area contributed by atoms with Gasteiger partial charge in [0.1, 0.15) is 0 Å². The monoisotopic (exact) mass is 294 g/mol. The molecule has 2 aromatic heterocycles. The Morgan fingerprint density at radius 2 is 1.90 bits per heavy atom. The van der Waals surface area contributed by atoms with Crippen molar-refractivity contribution >= 4 is 22.1 Å². The van der Waals surface area contributed by atoms with Gasteiger partial charge in [-0.05, 0) is 18.4 Å². The molecule has 0 saturated carbocycles. The average Bonchev–Trinajstić information content (AvgIpc) is 2.90. The molecule has 0 radical (unpaired) electrons. The summed E-state index contributed by atoms with van der Waals surface area (Å²) in [5, 5.41) is 2.08. The minimum Gasteiger partial charge on any atom is -0.355 e. The number of thiazole rings is 1. The van der Waals surface area contributed by atoms with Crippen LogP contribution in [0.3, 0.4) is 0 Å². The van der Waals surface area contributed by atoms with E-state index in [1.54, 1.807) is 11.3 Å². The zero-order chi connectivity index (χ0) is 14.7. The van der Waals surface area contributed by atoms with Crippen LogP contribution in [0.25, 0.3) is 4.96 Å². The van der Waals surface area contributed by atoms with Crippen molar-refractivity contribution in [3.63, 3.8) is 0 Å². The molecule has 0 saturated heterocycles. The lowest BCUT2D eigenvalue weighted by Crippen LogP contribution is -2.32. The first-order valence-corrected chi connectivity index (χ1v) is 8.30. The summed E-state index contributed by atoms with van der Waals surface area (Å²) in [5.74, 6) is 2.38. The highest BCUT2D eigenvalue weighted by atomic mass is 32.1. The molecule has 0 amide bonds. The van der Waals surface area contributed by atoms with Crippen molar-refractivity contribution in [3.8, 4) is 0 Å². The van der Waals surface area contributed by atoms with Gasteiger partial charge in [-0.1, -0.05) is 27.7 Å². The molecule has 0 atom stereocenters. The van der Waals surface area contributed by atoms with Gasteiger partial charge in [-0.15, -0.1) is 11.3 Å². The Bertz CT molecular complexity index is 531. The summed E-state index contributed by atoms with van der Waals surface area (Å²) < 4.78 is 2.19. The largest absolute Gasteiger partial charge is 0.355 e. The van der Waals surface area contributed by atoms with Crippen LogP contribution in [0.2, 0.25) is 0 Å². The van der Waals surface area contributed by atoms with Crippen LogP contribution in [0.1, 0.15) is 33.4 Å². The summed E-state index contributed by atoms with van der Waals surface area (Å²) in [6, 6.07) is 0. The first-order chi connectivity index (χ1) is 9.52. The molecule has 4 nitrogen and oxygen atoms in total. The lowest BCUT2D eigenvalue weighted by molar-refractivity contribution is 0.548. The van der Waals surface area contributed by atoms with Crippen LogP contribution in [0.15, 0.2) is 11.6 Å². The Hall–Kier alpha value is -1.07. The minimum atomic E-state index is 0.624. The van der Waals surface area contributed by atoms with Gasteiger partial charge in [-0.3, -0.25) is 4.40 Å². The van der Waals surface area contributed by atoms with Crippen molar-refractivity contribution in [3.05, 3.63) is 17.3 Å². The second kappa shape index (κ2) is 6.59. The molecule has 2 N–H and O–H groups in total. The quantitative estimate of drug-likeness (QED) is 0.854. The van der Waals surface area contributed by atoms with Crippen molar-refractivity contribution in [2.24, 2.45) is 17.6 Å². The van der Waals surface area contributed by atoms with E-state index in [0.717, 1.165) is 30.3 Å². The predicted octanol–water partition coefficient (Wildman–Crippen LogP) is 3.02. The zero-order valence-electron chi connectivity index (χ0n) is 13.0. The Morgan fingerprint density at radius 1 is 1.25 bits per heavy atom. The van der Waals surface area contributed by atoms with Gasteiger partial charge in [0.2, 0.25) is 0 Å². The van der Waals surface area contributed by atoms with Gasteiger partial charge in [-0.2, -0.15) is 0 Å². The summed E-state index contributed by atoms with van der Waals surface area (Å²) in [6.45, 7) is 11.8. The maximum Gasteiger partial charge on any atom is 0.195 e. The number of nitrogens with two attached hydrogens (primary N) is 1. The van der Waals surface area contributed by atoms with Crippen LogP contribution in [0, 0.1) is 11.8 Å². The number of rotatable bonds is 7. The molecule has 0 aromatic carbocycles. The minimum absolute atomic E-state index is 0.624. The van der Waals surface area contributed by atoms with Gasteiger partial charge < -0.3 is 10.6 Å². The number of fused-ring (bicyclic) bond motifs is 1. The highest BCUT2D eigenvalue weighted by Gasteiger charge is 2.20. The molecule has 2 heterocycles. The van der Waals surface area contributed by atoms with Crippen LogP contribution >= 0.6 is 11.3 Å². The fourth-order valence-electron chi connectivity index (χ4n) is 2.57. The molecule has 112 valence electrons. The number of anilines is 1. The molecule has 5 heteroatoms. The molecular weight excluding hydrogens is 268 g/mol. The average molecular weight is 294 g/mol. The predicted molar refractivity (Wildman–Crippen MR) is 87.7 cm³/mol. The molecular formula is C15H26N4S. The van der Waals surface area contributed by atoms with Gasteiger partial charge in [0.25, 0.3) is 0 Å². The Kier molecular flexibility index (Phi) is 5.05. The number of hydrogen-bond acceptors (Lipinski definition) is 4. The van der Waals surface area contributed by atoms with E-state index in [9.17, 15) is 0 Å². The van der Waals surface area contributed by atoms with Crippen molar-refractivity contribution < 1.29 is 0 Å². The number of hydrogen-bond donors (Lipinski definition) is 1. The summed E-state index contributed by atoms with van der Waals surface area (Å²) in [4.78, 5) is 8.35. The molecule has 20 heavy (non-hydrogen) atoms. The van der Waals surface area contributed by atoms with E-state index in [4.69, 9.17) is 10.7 Å². The van der Waals surface area contributed by atoms with Gasteiger partial charge in [-0.25, -0.2) is 4.98 Å². The van der Waals surface area contributed by atoms with Crippen LogP contribution < -0.4 is 10.6 Å². The third kappa shape index (κ3) is 3.33. The lowest BCUT2D eigenvalue weighted by atomic mass is 10.1. The first kappa shape index (κ1) is 15.3. The van der Waals surface area contributed by atoms with Gasteiger partial charge in [0.05, 0.1) is 5.69 Å². The molecule has 0 fully saturated rings. The maximum absolute atomic E-state index is 5.79. The van der Waals surface area contributed by atoms with Crippen molar-refractivity contribution in [2.75, 3.05) is 24.5 Å². The Balaban J connectivity index is 2.39. The SMILES string of the molecule is CC(C)CN(CC(C)C)c1nc2sccn2c1CCN. The Morgan fingerprint density at radius 3 is 2.45 bits per heavy atom. The zero-order valence-corrected chi connectivity index (χ0v) is 13.8. The van der Waals surface area contributed by atoms with E-state index in [1.165, 1.54) is 5.69 Å². The standard InChI is InChI=1S/C15H26N4S/c1-11(2)9-18(10-12(3)4)14-13(5-6-16)19-7-8-20-15(19)17-14/h7-8,11-12H,5-6,9-10,16H2,1-4H3. The Labute approximate surface area is 125 Å². The molecule has 0 aliphatic rings. The normalized spacial score (nSPS) is 11.9. The van der Waals surface area contributed by atoms with E-state index in [2.05, 4.69) is 48.6 Å². The fraction of sp³-hybridized carbons (Fsp3) is 0.667. The summed E-state index contributed by atoms with van der Waals surface area (Å²) in [7, 11) is 0. The van der Waals surface area contributed by atoms with Crippen LogP contribution in [-0.4, -0.2) is 29.0 Å². The fourth-order valence-corrected chi connectivity index (χ4v) is 3.30. The van der Waals surface area contributed by atoms with Gasteiger partial charge >= 0.3 is 0 Å². The molecule has 0 unspecified atom stereocenters. The molecule has 0 aliphatic heterocycles.